The van der Waals surface area contributed by atoms with Gasteiger partial charge in [0.1, 0.15) is 11.6 Å². The Morgan fingerprint density at radius 2 is 2.04 bits per heavy atom. The Bertz CT molecular complexity index is 621. The molecule has 0 bridgehead atoms. The molecule has 2 saturated heterocycles. The summed E-state index contributed by atoms with van der Waals surface area (Å²) in [6.07, 6.45) is -1.02. The van der Waals surface area contributed by atoms with Crippen LogP contribution in [-0.4, -0.2) is 61.0 Å². The Labute approximate surface area is 138 Å². The molecule has 1 aromatic heterocycles. The van der Waals surface area contributed by atoms with E-state index in [1.54, 1.807) is 12.1 Å². The van der Waals surface area contributed by atoms with Gasteiger partial charge in [0.15, 0.2) is 0 Å². The van der Waals surface area contributed by atoms with Crippen LogP contribution in [0.15, 0.2) is 12.1 Å². The molecule has 23 heavy (non-hydrogen) atoms. The van der Waals surface area contributed by atoms with E-state index >= 15 is 0 Å². The summed E-state index contributed by atoms with van der Waals surface area (Å²) in [5.74, 6) is 0.961. The first-order valence-electron chi connectivity index (χ1n) is 7.33. The van der Waals surface area contributed by atoms with Crippen LogP contribution in [0.2, 0.25) is 5.02 Å². The molecule has 1 atom stereocenters. The lowest BCUT2D eigenvalue weighted by molar-refractivity contribution is -0.117. The van der Waals surface area contributed by atoms with Crippen molar-refractivity contribution >= 4 is 35.2 Å². The number of hydrogen-bond donors (Lipinski definition) is 2. The van der Waals surface area contributed by atoms with Crippen LogP contribution in [0.1, 0.15) is 6.42 Å². The number of morpholine rings is 1. The molecule has 1 aromatic rings. The van der Waals surface area contributed by atoms with Gasteiger partial charge in [-0.25, -0.2) is 9.78 Å². The first kappa shape index (κ1) is 15.8. The van der Waals surface area contributed by atoms with Crippen LogP contribution in [0.4, 0.5) is 16.4 Å². The summed E-state index contributed by atoms with van der Waals surface area (Å²) in [4.78, 5) is 30.9. The molecule has 0 aromatic carbocycles. The van der Waals surface area contributed by atoms with E-state index in [4.69, 9.17) is 21.4 Å². The summed E-state index contributed by atoms with van der Waals surface area (Å²) in [6, 6.07) is 2.93. The Morgan fingerprint density at radius 3 is 2.74 bits per heavy atom. The topological polar surface area (TPSA) is 95.0 Å². The van der Waals surface area contributed by atoms with Gasteiger partial charge in [-0.05, 0) is 12.1 Å². The standard InChI is InChI=1S/C14H17ClN4O4/c15-9-5-11(18-1-3-23-4-2-18)17-12(6-9)19-8-10(7-13(19)20)16-14(21)22/h5-6,10,16H,1-4,7-8H2,(H,21,22). The number of rotatable bonds is 3. The van der Waals surface area contributed by atoms with Crippen LogP contribution >= 0.6 is 11.6 Å². The highest BCUT2D eigenvalue weighted by molar-refractivity contribution is 6.31. The van der Waals surface area contributed by atoms with Crippen molar-refractivity contribution < 1.29 is 19.4 Å². The number of halogens is 1. The predicted octanol–water partition coefficient (Wildman–Crippen LogP) is 0.944. The number of carboxylic acid groups (broad SMARTS) is 1. The van der Waals surface area contributed by atoms with E-state index in [9.17, 15) is 9.59 Å². The molecular formula is C14H17ClN4O4. The molecule has 0 spiro atoms. The number of nitrogens with one attached hydrogen (secondary N) is 1. The average Bonchev–Trinajstić information content (AvgIpc) is 2.87. The summed E-state index contributed by atoms with van der Waals surface area (Å²) < 4.78 is 5.32. The smallest absolute Gasteiger partial charge is 0.404 e. The number of carbonyl (C=O) groups excluding carboxylic acids is 1. The Balaban J connectivity index is 1.80. The summed E-state index contributed by atoms with van der Waals surface area (Å²) in [7, 11) is 0. The largest absolute Gasteiger partial charge is 0.465 e. The zero-order chi connectivity index (χ0) is 16.4. The lowest BCUT2D eigenvalue weighted by atomic mass is 10.3. The van der Waals surface area contributed by atoms with E-state index in [1.165, 1.54) is 4.90 Å². The number of aromatic nitrogens is 1. The van der Waals surface area contributed by atoms with E-state index in [2.05, 4.69) is 10.3 Å². The summed E-state index contributed by atoms with van der Waals surface area (Å²) in [5.41, 5.74) is 0. The molecule has 2 amide bonds. The zero-order valence-corrected chi connectivity index (χ0v) is 13.1. The van der Waals surface area contributed by atoms with E-state index < -0.39 is 12.1 Å². The molecule has 9 heteroatoms. The normalized spacial score (nSPS) is 21.6. The molecular weight excluding hydrogens is 324 g/mol. The highest BCUT2D eigenvalue weighted by Gasteiger charge is 2.33. The van der Waals surface area contributed by atoms with Gasteiger partial charge in [0.25, 0.3) is 0 Å². The van der Waals surface area contributed by atoms with E-state index in [0.717, 1.165) is 0 Å². The molecule has 2 aliphatic heterocycles. The first-order chi connectivity index (χ1) is 11.0. The van der Waals surface area contributed by atoms with Crippen molar-refractivity contribution in [3.05, 3.63) is 17.2 Å². The third-order valence-corrected chi connectivity index (χ3v) is 4.05. The van der Waals surface area contributed by atoms with E-state index in [-0.39, 0.29) is 18.9 Å². The fourth-order valence-corrected chi connectivity index (χ4v) is 2.96. The van der Waals surface area contributed by atoms with Crippen molar-refractivity contribution in [3.8, 4) is 0 Å². The third kappa shape index (κ3) is 3.65. The number of nitrogens with zero attached hydrogens (tertiary/aromatic N) is 3. The molecule has 124 valence electrons. The van der Waals surface area contributed by atoms with Crippen LogP contribution in [0.3, 0.4) is 0 Å². The van der Waals surface area contributed by atoms with Crippen LogP contribution < -0.4 is 15.1 Å². The minimum Gasteiger partial charge on any atom is -0.465 e. The monoisotopic (exact) mass is 340 g/mol. The van der Waals surface area contributed by atoms with Crippen molar-refractivity contribution in [2.45, 2.75) is 12.5 Å². The SMILES string of the molecule is O=C(O)NC1CC(=O)N(c2cc(Cl)cc(N3CCOCC3)n2)C1. The minimum atomic E-state index is -1.14. The highest BCUT2D eigenvalue weighted by atomic mass is 35.5. The van der Waals surface area contributed by atoms with Gasteiger partial charge in [-0.3, -0.25) is 9.69 Å². The van der Waals surface area contributed by atoms with Gasteiger partial charge in [0, 0.05) is 31.1 Å². The van der Waals surface area contributed by atoms with Crippen molar-refractivity contribution in [2.24, 2.45) is 0 Å². The Kier molecular flexibility index (Phi) is 4.53. The molecule has 0 saturated carbocycles. The number of hydrogen-bond acceptors (Lipinski definition) is 5. The molecule has 8 nitrogen and oxygen atoms in total. The number of amides is 2. The molecule has 3 rings (SSSR count). The maximum absolute atomic E-state index is 12.1. The number of pyridine rings is 1. The predicted molar refractivity (Wildman–Crippen MR) is 84.2 cm³/mol. The first-order valence-corrected chi connectivity index (χ1v) is 7.71. The lowest BCUT2D eigenvalue weighted by Gasteiger charge is -2.29. The van der Waals surface area contributed by atoms with Crippen molar-refractivity contribution in [3.63, 3.8) is 0 Å². The second kappa shape index (κ2) is 6.59. The quantitative estimate of drug-likeness (QED) is 0.850. The molecule has 2 N–H and O–H groups in total. The number of anilines is 2. The maximum atomic E-state index is 12.1. The lowest BCUT2D eigenvalue weighted by Crippen LogP contribution is -2.38. The second-order valence-electron chi connectivity index (χ2n) is 5.46. The number of carbonyl (C=O) groups is 2. The minimum absolute atomic E-state index is 0.118. The Hall–Kier alpha value is -2.06. The van der Waals surface area contributed by atoms with Crippen LogP contribution in [0, 0.1) is 0 Å². The van der Waals surface area contributed by atoms with E-state index in [1.807, 2.05) is 4.90 Å². The van der Waals surface area contributed by atoms with Gasteiger partial charge in [-0.1, -0.05) is 11.6 Å². The summed E-state index contributed by atoms with van der Waals surface area (Å²) >= 11 is 6.17. The third-order valence-electron chi connectivity index (χ3n) is 3.83. The van der Waals surface area contributed by atoms with Gasteiger partial charge < -0.3 is 20.1 Å². The fraction of sp³-hybridized carbons (Fsp3) is 0.500. The number of ether oxygens (including phenoxy) is 1. The van der Waals surface area contributed by atoms with Crippen molar-refractivity contribution in [2.75, 3.05) is 42.6 Å². The molecule has 2 aliphatic rings. The van der Waals surface area contributed by atoms with Crippen LogP contribution in [-0.2, 0) is 9.53 Å². The molecule has 2 fully saturated rings. The Morgan fingerprint density at radius 1 is 1.35 bits per heavy atom. The average molecular weight is 341 g/mol. The zero-order valence-electron chi connectivity index (χ0n) is 12.4. The fourth-order valence-electron chi connectivity index (χ4n) is 2.76. The highest BCUT2D eigenvalue weighted by Crippen LogP contribution is 2.27. The van der Waals surface area contributed by atoms with Gasteiger partial charge in [-0.15, -0.1) is 0 Å². The van der Waals surface area contributed by atoms with E-state index in [0.29, 0.717) is 43.0 Å². The molecule has 1 unspecified atom stereocenters. The van der Waals surface area contributed by atoms with Crippen molar-refractivity contribution in [1.29, 1.82) is 0 Å². The molecule has 0 aliphatic carbocycles. The van der Waals surface area contributed by atoms with Gasteiger partial charge >= 0.3 is 6.09 Å². The van der Waals surface area contributed by atoms with Gasteiger partial charge in [0.05, 0.1) is 19.3 Å². The second-order valence-corrected chi connectivity index (χ2v) is 5.89. The van der Waals surface area contributed by atoms with Crippen molar-refractivity contribution in [1.82, 2.24) is 10.3 Å². The molecule has 0 radical (unpaired) electrons. The summed E-state index contributed by atoms with van der Waals surface area (Å²) in [6.45, 7) is 2.92. The van der Waals surface area contributed by atoms with Crippen LogP contribution in [0.25, 0.3) is 0 Å². The van der Waals surface area contributed by atoms with Gasteiger partial charge in [-0.2, -0.15) is 0 Å². The summed E-state index contributed by atoms with van der Waals surface area (Å²) in [5, 5.41) is 11.6. The molecule has 3 heterocycles. The van der Waals surface area contributed by atoms with Crippen LogP contribution in [0.5, 0.6) is 0 Å². The van der Waals surface area contributed by atoms with Gasteiger partial charge in [0.2, 0.25) is 5.91 Å². The maximum Gasteiger partial charge on any atom is 0.404 e.